The summed E-state index contributed by atoms with van der Waals surface area (Å²) in [6.45, 7) is 2.96. The number of amides is 1. The summed E-state index contributed by atoms with van der Waals surface area (Å²) in [4.78, 5) is 13.1. The first kappa shape index (κ1) is 24.5. The summed E-state index contributed by atoms with van der Waals surface area (Å²) in [5, 5.41) is 39.7. The second kappa shape index (κ2) is 10.6. The number of carbonyl (C=O) groups excluding carboxylic acids is 1. The maximum absolute atomic E-state index is 13.1. The molecule has 0 aromatic heterocycles. The van der Waals surface area contributed by atoms with Crippen molar-refractivity contribution in [2.24, 2.45) is 5.92 Å². The molecule has 0 aliphatic carbocycles. The van der Waals surface area contributed by atoms with Gasteiger partial charge in [-0.2, -0.15) is 0 Å². The van der Waals surface area contributed by atoms with Gasteiger partial charge in [-0.15, -0.1) is 23.4 Å². The Morgan fingerprint density at radius 2 is 2.00 bits per heavy atom. The highest BCUT2D eigenvalue weighted by atomic mass is 35.5. The number of hydrogen-bond acceptors (Lipinski definition) is 9. The number of fused-ring (bicyclic) bond motifs is 1. The number of halogens is 1. The van der Waals surface area contributed by atoms with E-state index in [2.05, 4.69) is 16.0 Å². The Hall–Kier alpha value is -0.170. The zero-order valence-electron chi connectivity index (χ0n) is 17.5. The van der Waals surface area contributed by atoms with Crippen LogP contribution in [0.25, 0.3) is 0 Å². The van der Waals surface area contributed by atoms with E-state index >= 15 is 0 Å². The van der Waals surface area contributed by atoms with Crippen molar-refractivity contribution in [2.75, 3.05) is 26.5 Å². The second-order valence-corrected chi connectivity index (χ2v) is 10.0. The maximum atomic E-state index is 13.1. The highest BCUT2D eigenvalue weighted by Gasteiger charge is 2.49. The van der Waals surface area contributed by atoms with E-state index in [0.717, 1.165) is 12.8 Å². The Bertz CT molecular complexity index is 588. The summed E-state index contributed by atoms with van der Waals surface area (Å²) in [7, 11) is 1.94. The molecular formula is C19H34ClN3O6S. The van der Waals surface area contributed by atoms with Crippen LogP contribution in [0.2, 0.25) is 0 Å². The fourth-order valence-corrected chi connectivity index (χ4v) is 5.53. The lowest BCUT2D eigenvalue weighted by molar-refractivity contribution is -0.205. The quantitative estimate of drug-likeness (QED) is 0.262. The van der Waals surface area contributed by atoms with Crippen molar-refractivity contribution in [3.8, 4) is 0 Å². The summed E-state index contributed by atoms with van der Waals surface area (Å²) >= 11 is 7.57. The SMILES string of the molecule is CNC1CCO[C@@H]2[C@H](CN[C@@H]2C(=O)N[C@H]([C@H](C)Cl)[C@H]2OC(SC)[C@H](O)C(O)C2O)C1. The Morgan fingerprint density at radius 1 is 1.27 bits per heavy atom. The van der Waals surface area contributed by atoms with Crippen molar-refractivity contribution in [1.82, 2.24) is 16.0 Å². The lowest BCUT2D eigenvalue weighted by Crippen LogP contribution is -2.65. The van der Waals surface area contributed by atoms with Crippen LogP contribution in [0.1, 0.15) is 19.8 Å². The molecule has 3 rings (SSSR count). The molecule has 1 amide bonds. The Labute approximate surface area is 186 Å². The highest BCUT2D eigenvalue weighted by Crippen LogP contribution is 2.31. The number of rotatable bonds is 6. The zero-order chi connectivity index (χ0) is 22.0. The van der Waals surface area contributed by atoms with E-state index in [1.54, 1.807) is 13.2 Å². The third-order valence-electron chi connectivity index (χ3n) is 6.44. The van der Waals surface area contributed by atoms with E-state index < -0.39 is 47.3 Å². The molecule has 11 heteroatoms. The van der Waals surface area contributed by atoms with E-state index in [1.165, 1.54) is 11.8 Å². The molecule has 3 aliphatic heterocycles. The van der Waals surface area contributed by atoms with Gasteiger partial charge in [0.1, 0.15) is 35.9 Å². The largest absolute Gasteiger partial charge is 0.388 e. The first-order valence-electron chi connectivity index (χ1n) is 10.5. The molecule has 0 spiro atoms. The van der Waals surface area contributed by atoms with E-state index in [-0.39, 0.29) is 17.9 Å². The minimum atomic E-state index is -1.39. The van der Waals surface area contributed by atoms with E-state index in [1.807, 2.05) is 7.05 Å². The van der Waals surface area contributed by atoms with Gasteiger partial charge in [0.2, 0.25) is 5.91 Å². The third-order valence-corrected chi connectivity index (χ3v) is 7.57. The number of aliphatic hydroxyl groups is 3. The van der Waals surface area contributed by atoms with Crippen LogP contribution in [-0.2, 0) is 14.3 Å². The number of aliphatic hydroxyl groups excluding tert-OH is 3. The molecule has 30 heavy (non-hydrogen) atoms. The lowest BCUT2D eigenvalue weighted by Gasteiger charge is -2.44. The third kappa shape index (κ3) is 5.07. The van der Waals surface area contributed by atoms with Gasteiger partial charge in [0, 0.05) is 25.1 Å². The number of nitrogens with one attached hydrogen (secondary N) is 3. The summed E-state index contributed by atoms with van der Waals surface area (Å²) in [6, 6.07) is -0.930. The molecule has 0 aromatic carbocycles. The summed E-state index contributed by atoms with van der Waals surface area (Å²) in [5.74, 6) is -0.0537. The standard InChI is InChI=1S/C19H34ClN3O6S/c1-8(20)11(17-14(25)13(24)15(26)19(29-17)30-3)23-18(27)12-16-9(7-22-12)6-10(21-2)4-5-28-16/h8-17,19,21-22,24-26H,4-7H2,1-3H3,(H,23,27)/t8-,9-,10?,11+,12-,13?,14?,15+,16+,17+,19?/m0/s1. The lowest BCUT2D eigenvalue weighted by atomic mass is 9.92. The number of carbonyl (C=O) groups is 1. The highest BCUT2D eigenvalue weighted by molar-refractivity contribution is 7.99. The fourth-order valence-electron chi connectivity index (χ4n) is 4.64. The van der Waals surface area contributed by atoms with Crippen LogP contribution in [0.3, 0.4) is 0 Å². The van der Waals surface area contributed by atoms with Crippen LogP contribution in [0.5, 0.6) is 0 Å². The average Bonchev–Trinajstić information content (AvgIpc) is 3.00. The Balaban J connectivity index is 1.70. The number of hydrogen-bond donors (Lipinski definition) is 6. The van der Waals surface area contributed by atoms with Crippen molar-refractivity contribution >= 4 is 29.3 Å². The van der Waals surface area contributed by atoms with Crippen molar-refractivity contribution < 1.29 is 29.6 Å². The average molecular weight is 468 g/mol. The minimum Gasteiger partial charge on any atom is -0.388 e. The van der Waals surface area contributed by atoms with Gasteiger partial charge >= 0.3 is 0 Å². The van der Waals surface area contributed by atoms with Gasteiger partial charge < -0.3 is 40.7 Å². The summed E-state index contributed by atoms with van der Waals surface area (Å²) in [6.07, 6.45) is -1.65. The van der Waals surface area contributed by atoms with E-state index in [9.17, 15) is 20.1 Å². The summed E-state index contributed by atoms with van der Waals surface area (Å²) < 4.78 is 11.8. The van der Waals surface area contributed by atoms with E-state index in [4.69, 9.17) is 21.1 Å². The molecule has 0 aromatic rings. The predicted molar refractivity (Wildman–Crippen MR) is 115 cm³/mol. The van der Waals surface area contributed by atoms with E-state index in [0.29, 0.717) is 19.2 Å². The Morgan fingerprint density at radius 3 is 2.63 bits per heavy atom. The smallest absolute Gasteiger partial charge is 0.240 e. The van der Waals surface area contributed by atoms with Crippen LogP contribution in [-0.4, -0.2) is 107 Å². The van der Waals surface area contributed by atoms with Crippen LogP contribution in [0.15, 0.2) is 0 Å². The topological polar surface area (TPSA) is 132 Å². The van der Waals surface area contributed by atoms with Crippen LogP contribution >= 0.6 is 23.4 Å². The molecule has 0 radical (unpaired) electrons. The first-order chi connectivity index (χ1) is 14.3. The molecule has 3 aliphatic rings. The van der Waals surface area contributed by atoms with Crippen LogP contribution in [0.4, 0.5) is 0 Å². The van der Waals surface area contributed by atoms with Crippen molar-refractivity contribution in [2.45, 2.75) is 79.2 Å². The molecule has 3 saturated heterocycles. The van der Waals surface area contributed by atoms with Crippen LogP contribution in [0, 0.1) is 5.92 Å². The Kier molecular flexibility index (Phi) is 8.67. The van der Waals surface area contributed by atoms with Crippen molar-refractivity contribution in [3.05, 3.63) is 0 Å². The monoisotopic (exact) mass is 467 g/mol. The molecule has 6 N–H and O–H groups in total. The minimum absolute atomic E-state index is 0.224. The molecule has 4 unspecified atom stereocenters. The molecule has 3 heterocycles. The molecule has 0 saturated carbocycles. The number of ether oxygens (including phenoxy) is 2. The molecular weight excluding hydrogens is 434 g/mol. The van der Waals surface area contributed by atoms with Crippen molar-refractivity contribution in [1.29, 1.82) is 0 Å². The zero-order valence-corrected chi connectivity index (χ0v) is 19.1. The normalized spacial score (nSPS) is 44.0. The molecule has 3 fully saturated rings. The fraction of sp³-hybridized carbons (Fsp3) is 0.947. The van der Waals surface area contributed by atoms with Crippen LogP contribution < -0.4 is 16.0 Å². The molecule has 11 atom stereocenters. The van der Waals surface area contributed by atoms with Gasteiger partial charge in [-0.3, -0.25) is 4.79 Å². The first-order valence-corrected chi connectivity index (χ1v) is 12.2. The van der Waals surface area contributed by atoms with Gasteiger partial charge in [0.15, 0.2) is 0 Å². The number of thioether (sulfide) groups is 1. The van der Waals surface area contributed by atoms with Crippen molar-refractivity contribution in [3.63, 3.8) is 0 Å². The second-order valence-electron chi connectivity index (χ2n) is 8.38. The maximum Gasteiger partial charge on any atom is 0.240 e. The van der Waals surface area contributed by atoms with Gasteiger partial charge in [-0.25, -0.2) is 0 Å². The summed E-state index contributed by atoms with van der Waals surface area (Å²) in [5.41, 5.74) is -0.735. The number of alkyl halides is 1. The predicted octanol–water partition coefficient (Wildman–Crippen LogP) is -1.38. The van der Waals surface area contributed by atoms with Gasteiger partial charge in [0.25, 0.3) is 0 Å². The molecule has 174 valence electrons. The molecule has 9 nitrogen and oxygen atoms in total. The van der Waals surface area contributed by atoms with Gasteiger partial charge in [-0.1, -0.05) is 0 Å². The van der Waals surface area contributed by atoms with Gasteiger partial charge in [0.05, 0.1) is 17.5 Å². The molecule has 0 bridgehead atoms. The van der Waals surface area contributed by atoms with Gasteiger partial charge in [-0.05, 0) is 33.1 Å².